The summed E-state index contributed by atoms with van der Waals surface area (Å²) in [4.78, 5) is 8.39. The highest BCUT2D eigenvalue weighted by Gasteiger charge is 2.25. The van der Waals surface area contributed by atoms with Gasteiger partial charge in [0.05, 0.1) is 10.7 Å². The molecule has 0 saturated carbocycles. The first-order valence-electron chi connectivity index (χ1n) is 5.78. The number of rotatable bonds is 3. The minimum absolute atomic E-state index is 0.00274. The van der Waals surface area contributed by atoms with Gasteiger partial charge in [0.25, 0.3) is 0 Å². The van der Waals surface area contributed by atoms with E-state index >= 15 is 0 Å². The number of aliphatic hydroxyl groups excluding tert-OH is 1. The predicted octanol–water partition coefficient (Wildman–Crippen LogP) is 1.83. The largest absolute Gasteiger partial charge is 0.396 e. The number of aromatic nitrogens is 1. The van der Waals surface area contributed by atoms with Gasteiger partial charge in [-0.1, -0.05) is 13.8 Å². The first-order valence-corrected chi connectivity index (χ1v) is 6.60. The Morgan fingerprint density at radius 1 is 1.50 bits per heavy atom. The summed E-state index contributed by atoms with van der Waals surface area (Å²) in [5.74, 6) is 0. The molecular weight excluding hydrogens is 220 g/mol. The lowest BCUT2D eigenvalue weighted by molar-refractivity contribution is 0.0966. The van der Waals surface area contributed by atoms with Crippen molar-refractivity contribution in [3.8, 4) is 0 Å². The van der Waals surface area contributed by atoms with Gasteiger partial charge >= 0.3 is 0 Å². The zero-order chi connectivity index (χ0) is 11.8. The van der Waals surface area contributed by atoms with Gasteiger partial charge in [0.2, 0.25) is 0 Å². The first-order chi connectivity index (χ1) is 7.50. The van der Waals surface area contributed by atoms with E-state index in [1.54, 1.807) is 0 Å². The van der Waals surface area contributed by atoms with Gasteiger partial charge in [0, 0.05) is 43.0 Å². The van der Waals surface area contributed by atoms with Crippen LogP contribution < -0.4 is 0 Å². The third-order valence-electron chi connectivity index (χ3n) is 3.00. The zero-order valence-corrected chi connectivity index (χ0v) is 11.1. The molecule has 0 spiro atoms. The zero-order valence-electron chi connectivity index (χ0n) is 10.3. The van der Waals surface area contributed by atoms with Crippen molar-refractivity contribution in [2.75, 3.05) is 19.7 Å². The number of hydrogen-bond acceptors (Lipinski definition) is 4. The molecule has 3 nitrogen and oxygen atoms in total. The molecule has 1 aliphatic heterocycles. The van der Waals surface area contributed by atoms with Crippen molar-refractivity contribution in [1.29, 1.82) is 0 Å². The molecule has 1 N–H and O–H groups in total. The van der Waals surface area contributed by atoms with E-state index in [9.17, 15) is 5.11 Å². The molecule has 16 heavy (non-hydrogen) atoms. The Balaban J connectivity index is 2.02. The standard InChI is InChI=1S/C12H20N2OS/c1-9-13-10-4-5-14(6-11(10)16-9)7-12(2,3)8-15/h15H,4-8H2,1-3H3. The lowest BCUT2D eigenvalue weighted by atomic mass is 9.93. The normalized spacial score (nSPS) is 17.5. The highest BCUT2D eigenvalue weighted by Crippen LogP contribution is 2.26. The topological polar surface area (TPSA) is 36.4 Å². The van der Waals surface area contributed by atoms with E-state index in [0.717, 1.165) is 26.1 Å². The van der Waals surface area contributed by atoms with Gasteiger partial charge in [0.15, 0.2) is 0 Å². The van der Waals surface area contributed by atoms with Crippen LogP contribution in [0.15, 0.2) is 0 Å². The van der Waals surface area contributed by atoms with Crippen LogP contribution in [0, 0.1) is 12.3 Å². The van der Waals surface area contributed by atoms with Gasteiger partial charge in [0.1, 0.15) is 0 Å². The predicted molar refractivity (Wildman–Crippen MR) is 66.7 cm³/mol. The molecule has 0 radical (unpaired) electrons. The minimum atomic E-state index is -0.00274. The Morgan fingerprint density at radius 2 is 2.25 bits per heavy atom. The SMILES string of the molecule is Cc1nc2c(s1)CN(CC(C)(C)CO)CC2. The fourth-order valence-electron chi connectivity index (χ4n) is 2.17. The summed E-state index contributed by atoms with van der Waals surface area (Å²) < 4.78 is 0. The number of fused-ring (bicyclic) bond motifs is 1. The van der Waals surface area contributed by atoms with Crippen molar-refractivity contribution in [2.24, 2.45) is 5.41 Å². The van der Waals surface area contributed by atoms with Crippen LogP contribution in [-0.4, -0.2) is 34.7 Å². The molecule has 0 aromatic carbocycles. The smallest absolute Gasteiger partial charge is 0.0900 e. The Morgan fingerprint density at radius 3 is 2.94 bits per heavy atom. The first kappa shape index (κ1) is 12.0. The summed E-state index contributed by atoms with van der Waals surface area (Å²) in [6.45, 7) is 9.58. The molecule has 1 aromatic heterocycles. The summed E-state index contributed by atoms with van der Waals surface area (Å²) in [5.41, 5.74) is 1.29. The van der Waals surface area contributed by atoms with Gasteiger partial charge in [-0.2, -0.15) is 0 Å². The van der Waals surface area contributed by atoms with Gasteiger partial charge in [-0.25, -0.2) is 4.98 Å². The number of nitrogens with zero attached hydrogens (tertiary/aromatic N) is 2. The summed E-state index contributed by atoms with van der Waals surface area (Å²) in [6.07, 6.45) is 1.06. The average Bonchev–Trinajstić information content (AvgIpc) is 2.57. The molecule has 0 fully saturated rings. The molecule has 90 valence electrons. The lowest BCUT2D eigenvalue weighted by Crippen LogP contribution is -2.39. The molecule has 0 amide bonds. The number of aliphatic hydroxyl groups is 1. The monoisotopic (exact) mass is 240 g/mol. The van der Waals surface area contributed by atoms with Crippen LogP contribution in [0.5, 0.6) is 0 Å². The highest BCUT2D eigenvalue weighted by atomic mass is 32.1. The van der Waals surface area contributed by atoms with E-state index in [4.69, 9.17) is 0 Å². The molecule has 0 bridgehead atoms. The van der Waals surface area contributed by atoms with E-state index in [2.05, 4.69) is 30.7 Å². The van der Waals surface area contributed by atoms with E-state index in [1.807, 2.05) is 11.3 Å². The van der Waals surface area contributed by atoms with Crippen molar-refractivity contribution in [3.63, 3.8) is 0 Å². The number of hydrogen-bond donors (Lipinski definition) is 1. The van der Waals surface area contributed by atoms with Crippen molar-refractivity contribution < 1.29 is 5.11 Å². The van der Waals surface area contributed by atoms with E-state index in [0.29, 0.717) is 0 Å². The number of thiazole rings is 1. The lowest BCUT2D eigenvalue weighted by Gasteiger charge is -2.33. The molecule has 0 unspecified atom stereocenters. The maximum atomic E-state index is 9.29. The molecular formula is C12H20N2OS. The van der Waals surface area contributed by atoms with Gasteiger partial charge in [-0.3, -0.25) is 4.90 Å². The van der Waals surface area contributed by atoms with Gasteiger partial charge in [-0.05, 0) is 6.92 Å². The second kappa shape index (κ2) is 4.43. The molecule has 2 heterocycles. The maximum absolute atomic E-state index is 9.29. The quantitative estimate of drug-likeness (QED) is 0.875. The van der Waals surface area contributed by atoms with Crippen LogP contribution >= 0.6 is 11.3 Å². The van der Waals surface area contributed by atoms with Crippen LogP contribution in [0.2, 0.25) is 0 Å². The van der Waals surface area contributed by atoms with Gasteiger partial charge < -0.3 is 5.11 Å². The Bertz CT molecular complexity index is 373. The van der Waals surface area contributed by atoms with E-state index < -0.39 is 0 Å². The average molecular weight is 240 g/mol. The van der Waals surface area contributed by atoms with Crippen LogP contribution in [0.4, 0.5) is 0 Å². The minimum Gasteiger partial charge on any atom is -0.396 e. The second-order valence-corrected chi connectivity index (χ2v) is 6.67. The molecule has 0 aliphatic carbocycles. The molecule has 0 saturated heterocycles. The summed E-state index contributed by atoms with van der Waals surface area (Å²) >= 11 is 1.81. The van der Waals surface area contributed by atoms with Crippen LogP contribution in [0.25, 0.3) is 0 Å². The molecule has 1 aliphatic rings. The van der Waals surface area contributed by atoms with E-state index in [1.165, 1.54) is 15.6 Å². The second-order valence-electron chi connectivity index (χ2n) is 5.39. The van der Waals surface area contributed by atoms with Crippen molar-refractivity contribution in [1.82, 2.24) is 9.88 Å². The Hall–Kier alpha value is -0.450. The molecule has 2 rings (SSSR count). The van der Waals surface area contributed by atoms with Crippen molar-refractivity contribution in [2.45, 2.75) is 33.7 Å². The molecule has 4 heteroatoms. The van der Waals surface area contributed by atoms with Crippen LogP contribution in [0.1, 0.15) is 29.4 Å². The Labute approximate surface area is 101 Å². The third kappa shape index (κ3) is 2.62. The summed E-state index contributed by atoms with van der Waals surface area (Å²) in [7, 11) is 0. The van der Waals surface area contributed by atoms with Crippen LogP contribution in [0.3, 0.4) is 0 Å². The fourth-order valence-corrected chi connectivity index (χ4v) is 3.19. The molecule has 1 aromatic rings. The maximum Gasteiger partial charge on any atom is 0.0900 e. The highest BCUT2D eigenvalue weighted by molar-refractivity contribution is 7.11. The third-order valence-corrected chi connectivity index (χ3v) is 3.99. The fraction of sp³-hybridized carbons (Fsp3) is 0.750. The Kier molecular flexibility index (Phi) is 3.33. The summed E-state index contributed by atoms with van der Waals surface area (Å²) in [6, 6.07) is 0. The summed E-state index contributed by atoms with van der Waals surface area (Å²) in [5, 5.41) is 10.5. The number of aryl methyl sites for hydroxylation is 1. The van der Waals surface area contributed by atoms with Gasteiger partial charge in [-0.15, -0.1) is 11.3 Å². The van der Waals surface area contributed by atoms with Crippen LogP contribution in [-0.2, 0) is 13.0 Å². The molecule has 0 atom stereocenters. The van der Waals surface area contributed by atoms with Crippen molar-refractivity contribution >= 4 is 11.3 Å². The van der Waals surface area contributed by atoms with Crippen molar-refractivity contribution in [3.05, 3.63) is 15.6 Å². The van der Waals surface area contributed by atoms with E-state index in [-0.39, 0.29) is 12.0 Å².